The van der Waals surface area contributed by atoms with Crippen molar-refractivity contribution in [3.63, 3.8) is 0 Å². The van der Waals surface area contributed by atoms with E-state index in [2.05, 4.69) is 30.5 Å². The maximum absolute atomic E-state index is 11.4. The third kappa shape index (κ3) is 3.40. The summed E-state index contributed by atoms with van der Waals surface area (Å²) in [5.41, 5.74) is 4.24. The molecule has 11 heteroatoms. The molecular formula is C13H14N8O3. The van der Waals surface area contributed by atoms with Gasteiger partial charge in [-0.3, -0.25) is 4.63 Å². The van der Waals surface area contributed by atoms with Crippen LogP contribution in [0.5, 0.6) is 5.75 Å². The van der Waals surface area contributed by atoms with Crippen LogP contribution in [0.15, 0.2) is 40.3 Å². The number of nitrogen functional groups attached to an aromatic ring is 1. The summed E-state index contributed by atoms with van der Waals surface area (Å²) in [5, 5.41) is 26.3. The second-order valence-electron chi connectivity index (χ2n) is 4.76. The fourth-order valence-corrected chi connectivity index (χ4v) is 1.81. The summed E-state index contributed by atoms with van der Waals surface area (Å²) in [6.07, 6.45) is 2.92. The molecule has 24 heavy (non-hydrogen) atoms. The quantitative estimate of drug-likeness (QED) is 0.277. The van der Waals surface area contributed by atoms with Gasteiger partial charge in [-0.2, -0.15) is 5.10 Å². The lowest BCUT2D eigenvalue weighted by Crippen LogP contribution is -2.29. The summed E-state index contributed by atoms with van der Waals surface area (Å²) in [6.45, 7) is 1.72. The number of hydrogen-bond donors (Lipinski definition) is 2. The van der Waals surface area contributed by atoms with Gasteiger partial charge < -0.3 is 15.8 Å². The number of aromatic nitrogens is 5. The average molecular weight is 330 g/mol. The highest BCUT2D eigenvalue weighted by Crippen LogP contribution is 2.14. The highest BCUT2D eigenvalue weighted by atomic mass is 16.8. The zero-order valence-corrected chi connectivity index (χ0v) is 12.7. The van der Waals surface area contributed by atoms with Crippen molar-refractivity contribution in [2.45, 2.75) is 13.5 Å². The molecule has 0 spiro atoms. The van der Waals surface area contributed by atoms with Gasteiger partial charge >= 0.3 is 0 Å². The van der Waals surface area contributed by atoms with E-state index in [4.69, 9.17) is 10.6 Å². The van der Waals surface area contributed by atoms with Crippen LogP contribution in [0.1, 0.15) is 17.0 Å². The molecule has 2 heterocycles. The minimum atomic E-state index is 0.0496. The molecule has 0 saturated carbocycles. The first-order valence-corrected chi connectivity index (χ1v) is 6.85. The summed E-state index contributed by atoms with van der Waals surface area (Å²) in [5.74, 6) is 6.43. The molecule has 124 valence electrons. The van der Waals surface area contributed by atoms with Crippen LogP contribution in [0.3, 0.4) is 0 Å². The molecule has 11 nitrogen and oxygen atoms in total. The van der Waals surface area contributed by atoms with Crippen molar-refractivity contribution in [1.82, 2.24) is 20.0 Å². The van der Waals surface area contributed by atoms with Crippen molar-refractivity contribution in [2.24, 2.45) is 5.10 Å². The van der Waals surface area contributed by atoms with Gasteiger partial charge in [-0.05, 0) is 22.6 Å². The van der Waals surface area contributed by atoms with Gasteiger partial charge in [0.25, 0.3) is 5.95 Å². The van der Waals surface area contributed by atoms with E-state index < -0.39 is 0 Å². The smallest absolute Gasteiger partial charge is 0.263 e. The number of hydrazone groups is 1. The number of nitrogens with two attached hydrogens (primary N) is 1. The molecule has 0 saturated heterocycles. The second kappa shape index (κ2) is 6.64. The van der Waals surface area contributed by atoms with Crippen LogP contribution in [-0.4, -0.2) is 26.2 Å². The Hall–Kier alpha value is -3.63. The second-order valence-corrected chi connectivity index (χ2v) is 4.76. The minimum Gasteiger partial charge on any atom is -0.485 e. The lowest BCUT2D eigenvalue weighted by Gasteiger charge is -2.05. The van der Waals surface area contributed by atoms with Crippen LogP contribution in [0, 0.1) is 12.1 Å². The third-order valence-electron chi connectivity index (χ3n) is 3.07. The highest BCUT2D eigenvalue weighted by molar-refractivity contribution is 5.80. The molecule has 0 aliphatic rings. The van der Waals surface area contributed by atoms with E-state index in [1.807, 2.05) is 6.07 Å². The zero-order valence-electron chi connectivity index (χ0n) is 12.7. The summed E-state index contributed by atoms with van der Waals surface area (Å²) in [7, 11) is 0. The van der Waals surface area contributed by atoms with Gasteiger partial charge in [0.1, 0.15) is 12.1 Å². The maximum Gasteiger partial charge on any atom is 0.263 e. The fourth-order valence-electron chi connectivity index (χ4n) is 1.81. The summed E-state index contributed by atoms with van der Waals surface area (Å²) >= 11 is 0. The summed E-state index contributed by atoms with van der Waals surface area (Å²) < 4.78 is 11.3. The van der Waals surface area contributed by atoms with Crippen molar-refractivity contribution in [1.29, 1.82) is 0 Å². The first-order valence-electron chi connectivity index (χ1n) is 6.85. The van der Waals surface area contributed by atoms with Gasteiger partial charge in [0, 0.05) is 12.1 Å². The van der Waals surface area contributed by atoms with Crippen LogP contribution in [0.4, 0.5) is 5.95 Å². The number of hydrogen-bond acceptors (Lipinski definition) is 9. The van der Waals surface area contributed by atoms with Crippen LogP contribution in [0.25, 0.3) is 0 Å². The van der Waals surface area contributed by atoms with Gasteiger partial charge in [0.2, 0.25) is 11.4 Å². The maximum atomic E-state index is 11.4. The Labute approximate surface area is 135 Å². The van der Waals surface area contributed by atoms with Gasteiger partial charge in [0.05, 0.1) is 6.21 Å². The minimum absolute atomic E-state index is 0.0496. The molecule has 0 aliphatic carbocycles. The molecule has 2 aromatic heterocycles. The van der Waals surface area contributed by atoms with E-state index in [9.17, 15) is 5.21 Å². The van der Waals surface area contributed by atoms with E-state index in [1.54, 1.807) is 31.3 Å². The Bertz CT molecular complexity index is 837. The zero-order chi connectivity index (χ0) is 16.9. The number of nitrogens with zero attached hydrogens (tertiary/aromatic N) is 6. The topological polar surface area (TPSA) is 143 Å². The van der Waals surface area contributed by atoms with Crippen LogP contribution in [-0.2, 0) is 6.61 Å². The molecule has 3 rings (SSSR count). The van der Waals surface area contributed by atoms with Crippen LogP contribution in [0.2, 0.25) is 0 Å². The number of anilines is 1. The molecule has 1 aromatic carbocycles. The Morgan fingerprint density at radius 2 is 2.42 bits per heavy atom. The van der Waals surface area contributed by atoms with E-state index in [0.29, 0.717) is 28.0 Å². The van der Waals surface area contributed by atoms with Crippen molar-refractivity contribution in [3.8, 4) is 5.75 Å². The van der Waals surface area contributed by atoms with Crippen molar-refractivity contribution in [2.75, 3.05) is 11.3 Å². The first kappa shape index (κ1) is 15.3. The van der Waals surface area contributed by atoms with Gasteiger partial charge in [-0.1, -0.05) is 12.1 Å². The summed E-state index contributed by atoms with van der Waals surface area (Å²) in [6, 6.07) is 7.16. The molecule has 0 unspecified atom stereocenters. The van der Waals surface area contributed by atoms with E-state index in [1.165, 1.54) is 11.0 Å². The molecular weight excluding hydrogens is 316 g/mol. The van der Waals surface area contributed by atoms with E-state index in [0.717, 1.165) is 5.56 Å². The van der Waals surface area contributed by atoms with Gasteiger partial charge in [0.15, 0.2) is 6.61 Å². The SMILES string of the molecule is Cc1no[n+]([O-])c1COc1cccc(C=NNc2nncn2N)c1. The van der Waals surface area contributed by atoms with Crippen molar-refractivity contribution >= 4 is 12.2 Å². The predicted octanol–water partition coefficient (Wildman–Crippen LogP) is -0.0533. The largest absolute Gasteiger partial charge is 0.485 e. The van der Waals surface area contributed by atoms with Crippen LogP contribution < -0.4 is 20.9 Å². The fraction of sp³-hybridized carbons (Fsp3) is 0.154. The predicted molar refractivity (Wildman–Crippen MR) is 82.4 cm³/mol. The average Bonchev–Trinajstić information content (AvgIpc) is 3.12. The number of ether oxygens (including phenoxy) is 1. The molecule has 0 radical (unpaired) electrons. The molecule has 0 bridgehead atoms. The van der Waals surface area contributed by atoms with Gasteiger partial charge in [-0.15, -0.1) is 10.2 Å². The highest BCUT2D eigenvalue weighted by Gasteiger charge is 2.14. The lowest BCUT2D eigenvalue weighted by molar-refractivity contribution is -0.808. The molecule has 3 N–H and O–H groups in total. The summed E-state index contributed by atoms with van der Waals surface area (Å²) in [4.78, 5) is 0.327. The number of benzene rings is 1. The Balaban J connectivity index is 1.62. The number of rotatable bonds is 6. The van der Waals surface area contributed by atoms with Crippen molar-refractivity contribution in [3.05, 3.63) is 52.8 Å². The van der Waals surface area contributed by atoms with E-state index in [-0.39, 0.29) is 6.61 Å². The van der Waals surface area contributed by atoms with Crippen molar-refractivity contribution < 1.29 is 14.3 Å². The normalized spacial score (nSPS) is 11.0. The molecule has 0 amide bonds. The monoisotopic (exact) mass is 330 g/mol. The standard InChI is InChI=1S/C13H14N8O3/c1-9-12(21(22)24-19-9)7-23-11-4-2-3-10(5-11)6-15-17-13-18-16-8-20(13)14/h2-6,8H,7,14H2,1H3,(H,17,18). The lowest BCUT2D eigenvalue weighted by atomic mass is 10.2. The molecule has 3 aromatic rings. The van der Waals surface area contributed by atoms with Gasteiger partial charge in [-0.25, -0.2) is 10.1 Å². The third-order valence-corrected chi connectivity index (χ3v) is 3.07. The number of nitrogens with one attached hydrogen (secondary N) is 1. The molecule has 0 fully saturated rings. The molecule has 0 atom stereocenters. The van der Waals surface area contributed by atoms with Crippen LogP contribution >= 0.6 is 0 Å². The first-order chi connectivity index (χ1) is 11.6. The Morgan fingerprint density at radius 1 is 1.54 bits per heavy atom. The Morgan fingerprint density at radius 3 is 3.12 bits per heavy atom. The van der Waals surface area contributed by atoms with E-state index >= 15 is 0 Å². The Kier molecular flexibility index (Phi) is 4.23. The number of aryl methyl sites for hydroxylation is 1. The molecule has 0 aliphatic heterocycles.